The van der Waals surface area contributed by atoms with Gasteiger partial charge in [-0.2, -0.15) is 0 Å². The van der Waals surface area contributed by atoms with Crippen molar-refractivity contribution < 1.29 is 0 Å². The molecule has 1 N–H and O–H groups in total. The van der Waals surface area contributed by atoms with E-state index < -0.39 is 0 Å². The summed E-state index contributed by atoms with van der Waals surface area (Å²) < 4.78 is 0. The van der Waals surface area contributed by atoms with E-state index in [0.29, 0.717) is 0 Å². The molecule has 0 aliphatic heterocycles. The molecule has 0 saturated carbocycles. The van der Waals surface area contributed by atoms with Crippen molar-refractivity contribution in [1.29, 1.82) is 0 Å². The summed E-state index contributed by atoms with van der Waals surface area (Å²) >= 11 is 0. The second-order valence-corrected chi connectivity index (χ2v) is 3.42. The molecule has 0 saturated heterocycles. The Morgan fingerprint density at radius 1 is 1.07 bits per heavy atom. The average molecular weight is 205 g/mol. The summed E-state index contributed by atoms with van der Waals surface area (Å²) in [6.07, 6.45) is 4.59. The molecule has 0 spiro atoms. The van der Waals surface area contributed by atoms with Crippen LogP contribution in [0.1, 0.15) is 32.3 Å². The highest BCUT2D eigenvalue weighted by Crippen LogP contribution is 2.11. The molecule has 0 fully saturated rings. The maximum absolute atomic E-state index is 2.75. The van der Waals surface area contributed by atoms with E-state index in [1.165, 1.54) is 11.1 Å². The second-order valence-electron chi connectivity index (χ2n) is 3.42. The molecule has 1 rings (SSSR count). The first kappa shape index (κ1) is 13.9. The average Bonchev–Trinajstić information content (AvgIpc) is 2.28. The summed E-state index contributed by atoms with van der Waals surface area (Å²) in [5.74, 6) is 0. The van der Waals surface area contributed by atoms with Gasteiger partial charge in [0, 0.05) is 0 Å². The molecule has 0 bridgehead atoms. The van der Waals surface area contributed by atoms with Crippen LogP contribution in [0.2, 0.25) is 0 Å². The van der Waals surface area contributed by atoms with Crippen LogP contribution in [0.5, 0.6) is 0 Å². The zero-order chi connectivity index (χ0) is 11.5. The molecule has 0 aliphatic carbocycles. The van der Waals surface area contributed by atoms with Gasteiger partial charge < -0.3 is 5.32 Å². The van der Waals surface area contributed by atoms with Gasteiger partial charge in [-0.3, -0.25) is 0 Å². The molecule has 0 atom stereocenters. The number of hydrogen-bond donors (Lipinski definition) is 1. The Bertz CT molecular complexity index is 256. The van der Waals surface area contributed by atoms with E-state index in [1.54, 1.807) is 0 Å². The Labute approximate surface area is 94.2 Å². The molecule has 1 aromatic carbocycles. The van der Waals surface area contributed by atoms with Gasteiger partial charge >= 0.3 is 0 Å². The van der Waals surface area contributed by atoms with Crippen molar-refractivity contribution in [3.8, 4) is 0 Å². The highest BCUT2D eigenvalue weighted by atomic mass is 14.7. The summed E-state index contributed by atoms with van der Waals surface area (Å²) in [7, 11) is 3.75. The minimum atomic E-state index is 1.16. The fourth-order valence-corrected chi connectivity index (χ4v) is 1.24. The normalized spacial score (nSPS) is 8.80. The third-order valence-electron chi connectivity index (χ3n) is 2.08. The van der Waals surface area contributed by atoms with Gasteiger partial charge in [-0.05, 0) is 32.5 Å². The number of allylic oxidation sites excluding steroid dienone is 1. The standard InChI is InChI=1S/C12H16.C2H7N/c1-3-11(4-2)10-12-8-6-5-7-9-12;1-3-2/h5-10H,3-4H2,1-2H3;3H,1-2H3. The maximum Gasteiger partial charge on any atom is -0.0167 e. The van der Waals surface area contributed by atoms with Gasteiger partial charge in [0.15, 0.2) is 0 Å². The molecule has 1 heteroatoms. The lowest BCUT2D eigenvalue weighted by atomic mass is 10.1. The van der Waals surface area contributed by atoms with Crippen LogP contribution < -0.4 is 5.32 Å². The van der Waals surface area contributed by atoms with Crippen LogP contribution in [0.25, 0.3) is 6.08 Å². The van der Waals surface area contributed by atoms with Crippen LogP contribution in [-0.2, 0) is 0 Å². The monoisotopic (exact) mass is 205 g/mol. The van der Waals surface area contributed by atoms with Crippen LogP contribution in [0.4, 0.5) is 0 Å². The zero-order valence-corrected chi connectivity index (χ0v) is 10.4. The summed E-state index contributed by atoms with van der Waals surface area (Å²) in [5, 5.41) is 2.75. The van der Waals surface area contributed by atoms with Crippen LogP contribution in [0.15, 0.2) is 35.9 Å². The Hall–Kier alpha value is -1.08. The summed E-state index contributed by atoms with van der Waals surface area (Å²) in [6, 6.07) is 10.5. The minimum Gasteiger partial charge on any atom is -0.323 e. The smallest absolute Gasteiger partial charge is 0.0167 e. The topological polar surface area (TPSA) is 12.0 Å². The van der Waals surface area contributed by atoms with E-state index in [9.17, 15) is 0 Å². The Morgan fingerprint density at radius 3 is 1.93 bits per heavy atom. The van der Waals surface area contributed by atoms with Gasteiger partial charge in [0.1, 0.15) is 0 Å². The highest BCUT2D eigenvalue weighted by Gasteiger charge is 1.90. The van der Waals surface area contributed by atoms with Gasteiger partial charge in [-0.1, -0.05) is 55.8 Å². The molecule has 1 nitrogen and oxygen atoms in total. The summed E-state index contributed by atoms with van der Waals surface area (Å²) in [4.78, 5) is 0. The summed E-state index contributed by atoms with van der Waals surface area (Å²) in [6.45, 7) is 4.41. The largest absolute Gasteiger partial charge is 0.323 e. The second kappa shape index (κ2) is 9.47. The summed E-state index contributed by atoms with van der Waals surface area (Å²) in [5.41, 5.74) is 2.83. The van der Waals surface area contributed by atoms with Gasteiger partial charge in [0.05, 0.1) is 0 Å². The van der Waals surface area contributed by atoms with E-state index in [2.05, 4.69) is 55.6 Å². The number of hydrogen-bond acceptors (Lipinski definition) is 1. The molecule has 0 amide bonds. The fraction of sp³-hybridized carbons (Fsp3) is 0.429. The number of nitrogens with one attached hydrogen (secondary N) is 1. The lowest BCUT2D eigenvalue weighted by Gasteiger charge is -1.99. The van der Waals surface area contributed by atoms with Crippen molar-refractivity contribution >= 4 is 6.08 Å². The van der Waals surface area contributed by atoms with Crippen molar-refractivity contribution in [2.75, 3.05) is 14.1 Å². The minimum absolute atomic E-state index is 1.16. The first-order valence-corrected chi connectivity index (χ1v) is 5.61. The van der Waals surface area contributed by atoms with Crippen LogP contribution in [-0.4, -0.2) is 14.1 Å². The Kier molecular flexibility index (Phi) is 8.79. The van der Waals surface area contributed by atoms with Gasteiger partial charge in [-0.15, -0.1) is 0 Å². The van der Waals surface area contributed by atoms with Crippen molar-refractivity contribution in [3.05, 3.63) is 41.5 Å². The van der Waals surface area contributed by atoms with Crippen molar-refractivity contribution in [3.63, 3.8) is 0 Å². The van der Waals surface area contributed by atoms with E-state index >= 15 is 0 Å². The van der Waals surface area contributed by atoms with Crippen molar-refractivity contribution in [2.24, 2.45) is 0 Å². The zero-order valence-electron chi connectivity index (χ0n) is 10.4. The van der Waals surface area contributed by atoms with E-state index in [-0.39, 0.29) is 0 Å². The predicted octanol–water partition coefficient (Wildman–Crippen LogP) is 3.73. The molecule has 0 aliphatic rings. The number of rotatable bonds is 3. The Morgan fingerprint density at radius 2 is 1.53 bits per heavy atom. The molecule has 0 radical (unpaired) electrons. The third kappa shape index (κ3) is 6.92. The van der Waals surface area contributed by atoms with Crippen LogP contribution in [0.3, 0.4) is 0 Å². The number of benzene rings is 1. The van der Waals surface area contributed by atoms with Crippen LogP contribution >= 0.6 is 0 Å². The lowest BCUT2D eigenvalue weighted by molar-refractivity contribution is 0.990. The molecule has 0 unspecified atom stereocenters. The van der Waals surface area contributed by atoms with E-state index in [4.69, 9.17) is 0 Å². The van der Waals surface area contributed by atoms with Crippen molar-refractivity contribution in [2.45, 2.75) is 26.7 Å². The third-order valence-corrected chi connectivity index (χ3v) is 2.08. The molecule has 15 heavy (non-hydrogen) atoms. The molecular formula is C14H23N. The van der Waals surface area contributed by atoms with Crippen LogP contribution in [0, 0.1) is 0 Å². The van der Waals surface area contributed by atoms with Gasteiger partial charge in [0.2, 0.25) is 0 Å². The highest BCUT2D eigenvalue weighted by molar-refractivity contribution is 5.52. The predicted molar refractivity (Wildman–Crippen MR) is 70.0 cm³/mol. The van der Waals surface area contributed by atoms with E-state index in [0.717, 1.165) is 12.8 Å². The maximum atomic E-state index is 2.75. The lowest BCUT2D eigenvalue weighted by Crippen LogP contribution is -1.89. The molecule has 0 aromatic heterocycles. The van der Waals surface area contributed by atoms with Crippen molar-refractivity contribution in [1.82, 2.24) is 5.32 Å². The van der Waals surface area contributed by atoms with E-state index in [1.807, 2.05) is 14.1 Å². The molecule has 1 aromatic rings. The molecule has 0 heterocycles. The molecule has 84 valence electrons. The SMILES string of the molecule is CCC(=Cc1ccccc1)CC.CNC. The van der Waals surface area contributed by atoms with Gasteiger partial charge in [0.25, 0.3) is 0 Å². The Balaban J connectivity index is 0.000000583. The first-order valence-electron chi connectivity index (χ1n) is 5.61. The quantitative estimate of drug-likeness (QED) is 0.793. The van der Waals surface area contributed by atoms with Gasteiger partial charge in [-0.25, -0.2) is 0 Å². The first-order chi connectivity index (χ1) is 7.28. The molecular weight excluding hydrogens is 182 g/mol. The fourth-order valence-electron chi connectivity index (χ4n) is 1.24.